The Bertz CT molecular complexity index is 735. The van der Waals surface area contributed by atoms with Crippen molar-refractivity contribution < 1.29 is 8.42 Å². The van der Waals surface area contributed by atoms with E-state index >= 15 is 0 Å². The minimum atomic E-state index is -3.31. The molecule has 0 radical (unpaired) electrons. The van der Waals surface area contributed by atoms with Crippen LogP contribution in [0, 0.1) is 0 Å². The van der Waals surface area contributed by atoms with Crippen LogP contribution in [0.25, 0.3) is 0 Å². The fourth-order valence-corrected chi connectivity index (χ4v) is 4.01. The van der Waals surface area contributed by atoms with Gasteiger partial charge in [-0.1, -0.05) is 12.1 Å². The molecule has 0 unspecified atom stereocenters. The number of sulfone groups is 1. The standard InChI is InChI=1S/C15H18N2O2S2/c1-21(18,19)14-6-2-5-13(15(14)16)17(11-7-8-11)10-12-4-3-9-20-12/h2-6,9,11H,7-8,10,16H2,1H3. The molecule has 112 valence electrons. The van der Waals surface area contributed by atoms with Crippen molar-refractivity contribution in [3.8, 4) is 0 Å². The van der Waals surface area contributed by atoms with Crippen molar-refractivity contribution >= 4 is 32.5 Å². The zero-order chi connectivity index (χ0) is 15.0. The van der Waals surface area contributed by atoms with Crippen LogP contribution in [0.4, 0.5) is 11.4 Å². The van der Waals surface area contributed by atoms with Crippen LogP contribution in [0.2, 0.25) is 0 Å². The number of benzene rings is 1. The molecule has 1 heterocycles. The highest BCUT2D eigenvalue weighted by atomic mass is 32.2. The van der Waals surface area contributed by atoms with E-state index in [9.17, 15) is 8.42 Å². The summed E-state index contributed by atoms with van der Waals surface area (Å²) in [5.74, 6) is 0. The molecule has 2 N–H and O–H groups in total. The van der Waals surface area contributed by atoms with Gasteiger partial charge in [0.1, 0.15) is 0 Å². The first kappa shape index (κ1) is 14.4. The molecule has 1 aliphatic carbocycles. The Labute approximate surface area is 129 Å². The van der Waals surface area contributed by atoms with Crippen LogP contribution in [-0.2, 0) is 16.4 Å². The summed E-state index contributed by atoms with van der Waals surface area (Å²) in [5, 5.41) is 2.05. The summed E-state index contributed by atoms with van der Waals surface area (Å²) in [7, 11) is -3.31. The Balaban J connectivity index is 2.00. The van der Waals surface area contributed by atoms with Gasteiger partial charge in [0.15, 0.2) is 9.84 Å². The Hall–Kier alpha value is -1.53. The monoisotopic (exact) mass is 322 g/mol. The molecule has 0 amide bonds. The molecule has 0 bridgehead atoms. The molecule has 1 aromatic heterocycles. The summed E-state index contributed by atoms with van der Waals surface area (Å²) >= 11 is 1.71. The minimum absolute atomic E-state index is 0.219. The fourth-order valence-electron chi connectivity index (χ4n) is 2.47. The molecule has 0 saturated heterocycles. The van der Waals surface area contributed by atoms with Crippen LogP contribution >= 0.6 is 11.3 Å². The van der Waals surface area contributed by atoms with Gasteiger partial charge in [-0.15, -0.1) is 11.3 Å². The van der Waals surface area contributed by atoms with E-state index in [2.05, 4.69) is 16.3 Å². The van der Waals surface area contributed by atoms with Crippen molar-refractivity contribution in [3.63, 3.8) is 0 Å². The molecule has 1 fully saturated rings. The maximum Gasteiger partial charge on any atom is 0.177 e. The van der Waals surface area contributed by atoms with Gasteiger partial charge in [0, 0.05) is 17.2 Å². The molecule has 1 aromatic carbocycles. The minimum Gasteiger partial charge on any atom is -0.396 e. The van der Waals surface area contributed by atoms with Crippen LogP contribution in [-0.4, -0.2) is 20.7 Å². The van der Waals surface area contributed by atoms with Crippen LogP contribution < -0.4 is 10.6 Å². The summed E-state index contributed by atoms with van der Waals surface area (Å²) in [4.78, 5) is 3.71. The second kappa shape index (κ2) is 5.35. The van der Waals surface area contributed by atoms with Gasteiger partial charge < -0.3 is 10.6 Å². The largest absolute Gasteiger partial charge is 0.396 e. The summed E-state index contributed by atoms with van der Waals surface area (Å²) in [5.41, 5.74) is 7.34. The van der Waals surface area contributed by atoms with Crippen molar-refractivity contribution in [2.75, 3.05) is 16.9 Å². The third kappa shape index (κ3) is 3.06. The first-order valence-corrected chi connectivity index (χ1v) is 9.61. The number of rotatable bonds is 5. The van der Waals surface area contributed by atoms with Gasteiger partial charge >= 0.3 is 0 Å². The lowest BCUT2D eigenvalue weighted by Crippen LogP contribution is -2.26. The van der Waals surface area contributed by atoms with E-state index in [1.54, 1.807) is 23.5 Å². The van der Waals surface area contributed by atoms with E-state index in [-0.39, 0.29) is 4.90 Å². The lowest BCUT2D eigenvalue weighted by atomic mass is 10.2. The Morgan fingerprint density at radius 2 is 2.05 bits per heavy atom. The lowest BCUT2D eigenvalue weighted by molar-refractivity contribution is 0.602. The highest BCUT2D eigenvalue weighted by Gasteiger charge is 2.31. The molecule has 1 saturated carbocycles. The molecule has 4 nitrogen and oxygen atoms in total. The first-order chi connectivity index (χ1) is 9.97. The molecular weight excluding hydrogens is 304 g/mol. The van der Waals surface area contributed by atoms with Crippen molar-refractivity contribution in [2.45, 2.75) is 30.3 Å². The molecule has 0 atom stereocenters. The van der Waals surface area contributed by atoms with Crippen molar-refractivity contribution in [1.29, 1.82) is 0 Å². The first-order valence-electron chi connectivity index (χ1n) is 6.84. The van der Waals surface area contributed by atoms with E-state index in [0.29, 0.717) is 11.7 Å². The normalized spacial score (nSPS) is 15.1. The highest BCUT2D eigenvalue weighted by molar-refractivity contribution is 7.90. The van der Waals surface area contributed by atoms with E-state index in [1.807, 2.05) is 12.1 Å². The Kier molecular flexibility index (Phi) is 3.67. The Morgan fingerprint density at radius 3 is 2.62 bits per heavy atom. The quantitative estimate of drug-likeness (QED) is 0.860. The predicted molar refractivity (Wildman–Crippen MR) is 87.5 cm³/mol. The topological polar surface area (TPSA) is 63.4 Å². The number of hydrogen-bond acceptors (Lipinski definition) is 5. The number of nitrogen functional groups attached to an aromatic ring is 1. The van der Waals surface area contributed by atoms with Gasteiger partial charge in [0.25, 0.3) is 0 Å². The number of hydrogen-bond donors (Lipinski definition) is 1. The number of anilines is 2. The lowest BCUT2D eigenvalue weighted by Gasteiger charge is -2.26. The molecule has 3 rings (SSSR count). The van der Waals surface area contributed by atoms with E-state index in [0.717, 1.165) is 25.1 Å². The highest BCUT2D eigenvalue weighted by Crippen LogP contribution is 2.38. The number of nitrogens with two attached hydrogens (primary N) is 1. The average molecular weight is 322 g/mol. The maximum absolute atomic E-state index is 11.8. The van der Waals surface area contributed by atoms with Crippen molar-refractivity contribution in [2.24, 2.45) is 0 Å². The number of para-hydroxylation sites is 1. The number of thiophene rings is 1. The summed E-state index contributed by atoms with van der Waals surface area (Å²) in [6, 6.07) is 9.84. The molecule has 0 aliphatic heterocycles. The van der Waals surface area contributed by atoms with E-state index < -0.39 is 9.84 Å². The van der Waals surface area contributed by atoms with E-state index in [1.165, 1.54) is 11.1 Å². The molecule has 6 heteroatoms. The van der Waals surface area contributed by atoms with Crippen LogP contribution in [0.1, 0.15) is 17.7 Å². The Morgan fingerprint density at radius 1 is 1.29 bits per heavy atom. The van der Waals surface area contributed by atoms with Gasteiger partial charge in [-0.05, 0) is 36.4 Å². The molecule has 2 aromatic rings. The maximum atomic E-state index is 11.8. The summed E-state index contributed by atoms with van der Waals surface area (Å²) < 4.78 is 23.7. The SMILES string of the molecule is CS(=O)(=O)c1cccc(N(Cc2cccs2)C2CC2)c1N. The molecule has 0 spiro atoms. The molecule has 21 heavy (non-hydrogen) atoms. The van der Waals surface area contributed by atoms with E-state index in [4.69, 9.17) is 5.73 Å². The molecule has 1 aliphatic rings. The van der Waals surface area contributed by atoms with Gasteiger partial charge in [0.2, 0.25) is 0 Å². The van der Waals surface area contributed by atoms with Gasteiger partial charge in [0.05, 0.1) is 22.8 Å². The average Bonchev–Trinajstić information content (AvgIpc) is 3.13. The van der Waals surface area contributed by atoms with Gasteiger partial charge in [-0.25, -0.2) is 8.42 Å². The number of nitrogens with zero attached hydrogens (tertiary/aromatic N) is 1. The van der Waals surface area contributed by atoms with Gasteiger partial charge in [-0.3, -0.25) is 0 Å². The predicted octanol–water partition coefficient (Wildman–Crippen LogP) is 2.90. The third-order valence-corrected chi connectivity index (χ3v) is 5.66. The smallest absolute Gasteiger partial charge is 0.177 e. The molecular formula is C15H18N2O2S2. The summed E-state index contributed by atoms with van der Waals surface area (Å²) in [6.45, 7) is 0.778. The second-order valence-corrected chi connectivity index (χ2v) is 8.42. The van der Waals surface area contributed by atoms with Crippen molar-refractivity contribution in [3.05, 3.63) is 40.6 Å². The second-order valence-electron chi connectivity index (χ2n) is 5.40. The van der Waals surface area contributed by atoms with Crippen molar-refractivity contribution in [1.82, 2.24) is 0 Å². The zero-order valence-electron chi connectivity index (χ0n) is 11.8. The van der Waals surface area contributed by atoms with Crippen LogP contribution in [0.15, 0.2) is 40.6 Å². The van der Waals surface area contributed by atoms with Crippen LogP contribution in [0.5, 0.6) is 0 Å². The third-order valence-electron chi connectivity index (χ3n) is 3.65. The zero-order valence-corrected chi connectivity index (χ0v) is 13.5. The fraction of sp³-hybridized carbons (Fsp3) is 0.333. The van der Waals surface area contributed by atoms with Gasteiger partial charge in [-0.2, -0.15) is 0 Å². The summed E-state index contributed by atoms with van der Waals surface area (Å²) in [6.07, 6.45) is 3.46. The van der Waals surface area contributed by atoms with Crippen LogP contribution in [0.3, 0.4) is 0 Å².